The van der Waals surface area contributed by atoms with Crippen LogP contribution >= 0.6 is 11.5 Å². The summed E-state index contributed by atoms with van der Waals surface area (Å²) in [5, 5.41) is 4.19. The SMILES string of the molecule is CCCNc1nc(C2COc3ccccc3C2)ns1. The number of nitrogens with one attached hydrogen (secondary N) is 1. The van der Waals surface area contributed by atoms with E-state index >= 15 is 0 Å². The lowest BCUT2D eigenvalue weighted by Gasteiger charge is -2.23. The number of ether oxygens (including phenoxy) is 1. The predicted octanol–water partition coefficient (Wildman–Crippen LogP) is 3.08. The van der Waals surface area contributed by atoms with Gasteiger partial charge in [-0.05, 0) is 24.5 Å². The van der Waals surface area contributed by atoms with Crippen molar-refractivity contribution in [2.75, 3.05) is 18.5 Å². The first-order valence-corrected chi connectivity index (χ1v) is 7.42. The topological polar surface area (TPSA) is 47.0 Å². The molecule has 0 saturated heterocycles. The second-order valence-electron chi connectivity index (χ2n) is 4.70. The molecule has 1 atom stereocenters. The highest BCUT2D eigenvalue weighted by atomic mass is 32.1. The fraction of sp³-hybridized carbons (Fsp3) is 0.429. The van der Waals surface area contributed by atoms with Crippen LogP contribution in [0.4, 0.5) is 5.13 Å². The van der Waals surface area contributed by atoms with Gasteiger partial charge >= 0.3 is 0 Å². The summed E-state index contributed by atoms with van der Waals surface area (Å²) in [6.45, 7) is 3.75. The van der Waals surface area contributed by atoms with Crippen LogP contribution in [0.5, 0.6) is 5.75 Å². The number of nitrogens with zero attached hydrogens (tertiary/aromatic N) is 2. The van der Waals surface area contributed by atoms with Crippen molar-refractivity contribution in [3.8, 4) is 5.75 Å². The first-order chi connectivity index (χ1) is 9.36. The molecule has 0 amide bonds. The minimum Gasteiger partial charge on any atom is -0.493 e. The fourth-order valence-corrected chi connectivity index (χ4v) is 2.87. The molecule has 1 N–H and O–H groups in total. The first-order valence-electron chi connectivity index (χ1n) is 6.65. The van der Waals surface area contributed by atoms with Gasteiger partial charge in [-0.1, -0.05) is 25.1 Å². The van der Waals surface area contributed by atoms with E-state index < -0.39 is 0 Å². The summed E-state index contributed by atoms with van der Waals surface area (Å²) in [5.74, 6) is 2.17. The summed E-state index contributed by atoms with van der Waals surface area (Å²) in [7, 11) is 0. The van der Waals surface area contributed by atoms with Crippen LogP contribution in [-0.2, 0) is 6.42 Å². The summed E-state index contributed by atoms with van der Waals surface area (Å²) in [5.41, 5.74) is 1.25. The van der Waals surface area contributed by atoms with E-state index in [9.17, 15) is 0 Å². The quantitative estimate of drug-likeness (QED) is 0.931. The van der Waals surface area contributed by atoms with Gasteiger partial charge in [0.05, 0.1) is 12.5 Å². The van der Waals surface area contributed by atoms with Crippen molar-refractivity contribution in [3.05, 3.63) is 35.7 Å². The minimum atomic E-state index is 0.267. The Morgan fingerprint density at radius 1 is 1.42 bits per heavy atom. The van der Waals surface area contributed by atoms with E-state index in [1.807, 2.05) is 18.2 Å². The lowest BCUT2D eigenvalue weighted by atomic mass is 9.96. The van der Waals surface area contributed by atoms with Crippen LogP contribution in [0, 0.1) is 0 Å². The average molecular weight is 275 g/mol. The number of rotatable bonds is 4. The van der Waals surface area contributed by atoms with E-state index in [0.717, 1.165) is 36.1 Å². The lowest BCUT2D eigenvalue weighted by molar-refractivity contribution is 0.258. The molecule has 0 saturated carbocycles. The molecule has 1 aliphatic heterocycles. The maximum atomic E-state index is 5.79. The number of fused-ring (bicyclic) bond motifs is 1. The Balaban J connectivity index is 1.72. The predicted molar refractivity (Wildman–Crippen MR) is 77.1 cm³/mol. The van der Waals surface area contributed by atoms with E-state index in [0.29, 0.717) is 6.61 Å². The molecule has 100 valence electrons. The molecule has 1 aliphatic rings. The zero-order chi connectivity index (χ0) is 13.1. The molecule has 0 aliphatic carbocycles. The third kappa shape index (κ3) is 2.71. The Hall–Kier alpha value is -1.62. The van der Waals surface area contributed by atoms with Crippen molar-refractivity contribution < 1.29 is 4.74 Å². The molecular formula is C14H17N3OS. The van der Waals surface area contributed by atoms with Crippen LogP contribution in [0.1, 0.15) is 30.7 Å². The molecule has 1 unspecified atom stereocenters. The zero-order valence-corrected chi connectivity index (χ0v) is 11.7. The highest BCUT2D eigenvalue weighted by Crippen LogP contribution is 2.31. The summed E-state index contributed by atoms with van der Waals surface area (Å²) < 4.78 is 10.2. The third-order valence-electron chi connectivity index (χ3n) is 3.21. The lowest BCUT2D eigenvalue weighted by Crippen LogP contribution is -2.20. The zero-order valence-electron chi connectivity index (χ0n) is 10.9. The smallest absolute Gasteiger partial charge is 0.202 e. The molecule has 0 fully saturated rings. The van der Waals surface area contributed by atoms with Gasteiger partial charge < -0.3 is 10.1 Å². The van der Waals surface area contributed by atoms with E-state index in [1.54, 1.807) is 0 Å². The van der Waals surface area contributed by atoms with Gasteiger partial charge in [0.25, 0.3) is 0 Å². The maximum absolute atomic E-state index is 5.79. The second-order valence-corrected chi connectivity index (χ2v) is 5.46. The maximum Gasteiger partial charge on any atom is 0.202 e. The monoisotopic (exact) mass is 275 g/mol. The molecule has 0 radical (unpaired) electrons. The largest absolute Gasteiger partial charge is 0.493 e. The second kappa shape index (κ2) is 5.57. The summed E-state index contributed by atoms with van der Waals surface area (Å²) in [4.78, 5) is 4.56. The van der Waals surface area contributed by atoms with Crippen molar-refractivity contribution in [1.29, 1.82) is 0 Å². The average Bonchev–Trinajstić information content (AvgIpc) is 2.93. The van der Waals surface area contributed by atoms with Gasteiger partial charge in [-0.2, -0.15) is 4.37 Å². The van der Waals surface area contributed by atoms with Gasteiger partial charge in [-0.15, -0.1) is 0 Å². The number of aromatic nitrogens is 2. The van der Waals surface area contributed by atoms with Crippen LogP contribution in [0.3, 0.4) is 0 Å². The highest BCUT2D eigenvalue weighted by molar-refractivity contribution is 7.09. The Labute approximate surface area is 117 Å². The summed E-state index contributed by atoms with van der Waals surface area (Å²) >= 11 is 1.44. The van der Waals surface area contributed by atoms with Crippen molar-refractivity contribution in [2.24, 2.45) is 0 Å². The Bertz CT molecular complexity index is 555. The van der Waals surface area contributed by atoms with Crippen molar-refractivity contribution in [1.82, 2.24) is 9.36 Å². The molecule has 1 aromatic heterocycles. The van der Waals surface area contributed by atoms with E-state index in [-0.39, 0.29) is 5.92 Å². The fourth-order valence-electron chi connectivity index (χ4n) is 2.20. The van der Waals surface area contributed by atoms with Crippen molar-refractivity contribution in [2.45, 2.75) is 25.7 Å². The first kappa shape index (κ1) is 12.4. The van der Waals surface area contributed by atoms with E-state index in [4.69, 9.17) is 4.74 Å². The molecular weight excluding hydrogens is 258 g/mol. The molecule has 4 nitrogen and oxygen atoms in total. The highest BCUT2D eigenvalue weighted by Gasteiger charge is 2.24. The summed E-state index contributed by atoms with van der Waals surface area (Å²) in [6.07, 6.45) is 2.05. The Morgan fingerprint density at radius 3 is 3.21 bits per heavy atom. The molecule has 2 aromatic rings. The van der Waals surface area contributed by atoms with Gasteiger partial charge in [-0.25, -0.2) is 4.98 Å². The van der Waals surface area contributed by atoms with Crippen molar-refractivity contribution >= 4 is 16.7 Å². The normalized spacial score (nSPS) is 17.6. The standard InChI is InChI=1S/C14H17N3OS/c1-2-7-15-14-16-13(17-19-14)11-8-10-5-3-4-6-12(10)18-9-11/h3-6,11H,2,7-9H2,1H3,(H,15,16,17). The Morgan fingerprint density at radius 2 is 2.32 bits per heavy atom. The molecule has 3 rings (SSSR count). The van der Waals surface area contributed by atoms with Gasteiger partial charge in [0.15, 0.2) is 5.82 Å². The van der Waals surface area contributed by atoms with Crippen LogP contribution in [0.25, 0.3) is 0 Å². The number of benzene rings is 1. The van der Waals surface area contributed by atoms with Gasteiger partial charge in [-0.3, -0.25) is 0 Å². The van der Waals surface area contributed by atoms with Crippen LogP contribution in [0.2, 0.25) is 0 Å². The van der Waals surface area contributed by atoms with Crippen molar-refractivity contribution in [3.63, 3.8) is 0 Å². The molecule has 2 heterocycles. The number of para-hydroxylation sites is 1. The van der Waals surface area contributed by atoms with Gasteiger partial charge in [0.2, 0.25) is 5.13 Å². The van der Waals surface area contributed by atoms with Crippen LogP contribution in [0.15, 0.2) is 24.3 Å². The van der Waals surface area contributed by atoms with E-state index in [2.05, 4.69) is 27.7 Å². The molecule has 19 heavy (non-hydrogen) atoms. The number of hydrogen-bond acceptors (Lipinski definition) is 5. The number of hydrogen-bond donors (Lipinski definition) is 1. The van der Waals surface area contributed by atoms with Gasteiger partial charge in [0, 0.05) is 18.1 Å². The van der Waals surface area contributed by atoms with Crippen LogP contribution < -0.4 is 10.1 Å². The molecule has 0 spiro atoms. The summed E-state index contributed by atoms with van der Waals surface area (Å²) in [6, 6.07) is 8.19. The third-order valence-corrected chi connectivity index (χ3v) is 3.90. The molecule has 5 heteroatoms. The van der Waals surface area contributed by atoms with E-state index in [1.165, 1.54) is 17.1 Å². The number of anilines is 1. The Kier molecular flexibility index (Phi) is 3.64. The molecule has 0 bridgehead atoms. The van der Waals surface area contributed by atoms with Crippen LogP contribution in [-0.4, -0.2) is 22.5 Å². The molecule has 1 aromatic carbocycles. The minimum absolute atomic E-state index is 0.267. The van der Waals surface area contributed by atoms with Gasteiger partial charge in [0.1, 0.15) is 5.75 Å².